The Hall–Kier alpha value is -0.750. The second-order valence-corrected chi connectivity index (χ2v) is 6.86. The van der Waals surface area contributed by atoms with Crippen LogP contribution in [0.15, 0.2) is 0 Å². The minimum atomic E-state index is -0.845. The number of carbonyl (C=O) groups is 2. The van der Waals surface area contributed by atoms with Crippen molar-refractivity contribution in [3.05, 3.63) is 0 Å². The van der Waals surface area contributed by atoms with Crippen LogP contribution in [0.1, 0.15) is 26.7 Å². The van der Waals surface area contributed by atoms with Crippen LogP contribution in [0.5, 0.6) is 0 Å². The molecule has 0 heterocycles. The Kier molecular flexibility index (Phi) is 9.67. The topological polar surface area (TPSA) is 63.6 Å². The van der Waals surface area contributed by atoms with Crippen LogP contribution in [0, 0.1) is 5.92 Å². The highest BCUT2D eigenvalue weighted by molar-refractivity contribution is 7.99. The Labute approximate surface area is 126 Å². The van der Waals surface area contributed by atoms with Gasteiger partial charge in [0.2, 0.25) is 0 Å². The van der Waals surface area contributed by atoms with Crippen molar-refractivity contribution >= 4 is 23.7 Å². The number of hydrogen-bond acceptors (Lipinski definition) is 4. The number of carbonyl (C=O) groups excluding carboxylic acids is 1. The average molecular weight is 306 g/mol. The summed E-state index contributed by atoms with van der Waals surface area (Å²) < 4.78 is 5.53. The molecule has 1 atom stereocenters. The first-order chi connectivity index (χ1) is 9.28. The van der Waals surface area contributed by atoms with Gasteiger partial charge in [-0.25, -0.2) is 4.79 Å². The van der Waals surface area contributed by atoms with Gasteiger partial charge in [0.25, 0.3) is 0 Å². The number of thioether (sulfide) groups is 1. The van der Waals surface area contributed by atoms with Crippen molar-refractivity contribution in [3.63, 3.8) is 0 Å². The highest BCUT2D eigenvalue weighted by Crippen LogP contribution is 2.12. The van der Waals surface area contributed by atoms with Gasteiger partial charge in [0.1, 0.15) is 13.2 Å². The summed E-state index contributed by atoms with van der Waals surface area (Å²) in [5, 5.41) is 8.76. The van der Waals surface area contributed by atoms with Crippen molar-refractivity contribution < 1.29 is 23.9 Å². The maximum absolute atomic E-state index is 11.8. The summed E-state index contributed by atoms with van der Waals surface area (Å²) in [5.74, 6) is 0.723. The minimum Gasteiger partial charge on any atom is -0.477 e. The van der Waals surface area contributed by atoms with Crippen LogP contribution in [0.3, 0.4) is 0 Å². The lowest BCUT2D eigenvalue weighted by Gasteiger charge is -2.27. The van der Waals surface area contributed by atoms with E-state index in [1.807, 2.05) is 21.0 Å². The zero-order valence-corrected chi connectivity index (χ0v) is 13.9. The molecule has 6 heteroatoms. The molecular weight excluding hydrogens is 278 g/mol. The van der Waals surface area contributed by atoms with Crippen molar-refractivity contribution in [3.8, 4) is 0 Å². The number of ether oxygens (including phenoxy) is 1. The van der Waals surface area contributed by atoms with Gasteiger partial charge in [-0.1, -0.05) is 20.3 Å². The summed E-state index contributed by atoms with van der Waals surface area (Å²) in [5.41, 5.74) is 0. The van der Waals surface area contributed by atoms with Crippen LogP contribution in [0.25, 0.3) is 0 Å². The zero-order valence-electron chi connectivity index (χ0n) is 13.1. The fourth-order valence-electron chi connectivity index (χ4n) is 1.56. The lowest BCUT2D eigenvalue weighted by molar-refractivity contribution is -0.883. The molecule has 5 nitrogen and oxygen atoms in total. The highest BCUT2D eigenvalue weighted by atomic mass is 32.2. The van der Waals surface area contributed by atoms with E-state index in [-0.39, 0.29) is 25.0 Å². The summed E-state index contributed by atoms with van der Waals surface area (Å²) in [6, 6.07) is 0. The molecule has 0 bridgehead atoms. The molecule has 0 aliphatic heterocycles. The lowest BCUT2D eigenvalue weighted by Crippen LogP contribution is -2.46. The number of nitrogens with zero attached hydrogens (tertiary/aromatic N) is 1. The summed E-state index contributed by atoms with van der Waals surface area (Å²) in [7, 11) is 3.62. The van der Waals surface area contributed by atoms with Gasteiger partial charge in [0.15, 0.2) is 6.54 Å². The molecule has 0 rings (SSSR count). The Morgan fingerprint density at radius 1 is 1.35 bits per heavy atom. The van der Waals surface area contributed by atoms with Gasteiger partial charge in [0.05, 0.1) is 20.0 Å². The molecule has 1 unspecified atom stereocenters. The largest absolute Gasteiger partial charge is 0.477 e. The van der Waals surface area contributed by atoms with E-state index < -0.39 is 5.97 Å². The van der Waals surface area contributed by atoms with Crippen molar-refractivity contribution in [2.75, 3.05) is 45.3 Å². The van der Waals surface area contributed by atoms with Gasteiger partial charge in [-0.15, -0.1) is 0 Å². The van der Waals surface area contributed by atoms with Gasteiger partial charge in [-0.05, 0) is 12.2 Å². The predicted octanol–water partition coefficient (Wildman–Crippen LogP) is 1.86. The van der Waals surface area contributed by atoms with Gasteiger partial charge < -0.3 is 14.3 Å². The van der Waals surface area contributed by atoms with Gasteiger partial charge >= 0.3 is 11.9 Å². The second-order valence-electron chi connectivity index (χ2n) is 5.71. The molecule has 0 aromatic rings. The second kappa shape index (κ2) is 10.0. The first-order valence-corrected chi connectivity index (χ1v) is 8.22. The average Bonchev–Trinajstić information content (AvgIpc) is 2.32. The van der Waals surface area contributed by atoms with E-state index in [1.54, 1.807) is 11.8 Å². The molecule has 0 amide bonds. The summed E-state index contributed by atoms with van der Waals surface area (Å²) in [6.45, 7) is 4.82. The number of unbranched alkanes of at least 4 members (excludes halogenated alkanes) is 1. The van der Waals surface area contributed by atoms with E-state index in [0.717, 1.165) is 11.5 Å². The third-order valence-electron chi connectivity index (χ3n) is 2.92. The van der Waals surface area contributed by atoms with E-state index in [4.69, 9.17) is 9.84 Å². The molecule has 0 aromatic carbocycles. The van der Waals surface area contributed by atoms with E-state index in [1.165, 1.54) is 12.8 Å². The number of carboxylic acids is 1. The maximum Gasteiger partial charge on any atom is 0.359 e. The standard InChI is InChI=1S/C14H27NO4S/c1-5-6-9-20-11-12(2)14(18)19-8-7-15(3,4)10-13(16)17/h12H,5-11H2,1-4H3/p+1. The van der Waals surface area contributed by atoms with Crippen molar-refractivity contribution in [1.29, 1.82) is 0 Å². The number of aliphatic carboxylic acids is 1. The van der Waals surface area contributed by atoms with Crippen LogP contribution in [0.2, 0.25) is 0 Å². The first kappa shape index (κ1) is 19.2. The SMILES string of the molecule is CCCCSCC(C)C(=O)OCC[N+](C)(C)CC(=O)O. The molecule has 118 valence electrons. The first-order valence-electron chi connectivity index (χ1n) is 7.06. The normalized spacial score (nSPS) is 13.0. The van der Waals surface area contributed by atoms with Gasteiger partial charge in [-0.2, -0.15) is 11.8 Å². The fourth-order valence-corrected chi connectivity index (χ4v) is 2.70. The number of hydrogen-bond donors (Lipinski definition) is 1. The summed E-state index contributed by atoms with van der Waals surface area (Å²) in [6.07, 6.45) is 2.34. The van der Waals surface area contributed by atoms with Crippen LogP contribution in [-0.2, 0) is 14.3 Å². The van der Waals surface area contributed by atoms with E-state index in [0.29, 0.717) is 11.0 Å². The zero-order chi connectivity index (χ0) is 15.6. The number of esters is 1. The third kappa shape index (κ3) is 10.1. The summed E-state index contributed by atoms with van der Waals surface area (Å²) >= 11 is 1.78. The monoisotopic (exact) mass is 306 g/mol. The van der Waals surface area contributed by atoms with Crippen LogP contribution >= 0.6 is 11.8 Å². The van der Waals surface area contributed by atoms with E-state index in [2.05, 4.69) is 6.92 Å². The Balaban J connectivity index is 3.83. The Bertz CT molecular complexity index is 308. The summed E-state index contributed by atoms with van der Waals surface area (Å²) in [4.78, 5) is 22.4. The number of rotatable bonds is 11. The van der Waals surface area contributed by atoms with Crippen molar-refractivity contribution in [1.82, 2.24) is 0 Å². The van der Waals surface area contributed by atoms with Crippen molar-refractivity contribution in [2.24, 2.45) is 5.92 Å². The van der Waals surface area contributed by atoms with Gasteiger partial charge in [0, 0.05) is 5.75 Å². The fraction of sp³-hybridized carbons (Fsp3) is 0.857. The maximum atomic E-state index is 11.8. The molecule has 0 aliphatic carbocycles. The molecule has 0 saturated heterocycles. The molecule has 0 aromatic heterocycles. The predicted molar refractivity (Wildman–Crippen MR) is 81.8 cm³/mol. The number of carboxylic acid groups (broad SMARTS) is 1. The van der Waals surface area contributed by atoms with E-state index in [9.17, 15) is 9.59 Å². The highest BCUT2D eigenvalue weighted by Gasteiger charge is 2.21. The Morgan fingerprint density at radius 3 is 2.55 bits per heavy atom. The lowest BCUT2D eigenvalue weighted by atomic mass is 10.2. The van der Waals surface area contributed by atoms with Crippen LogP contribution in [0.4, 0.5) is 0 Å². The Morgan fingerprint density at radius 2 is 2.00 bits per heavy atom. The molecule has 1 N–H and O–H groups in total. The number of quaternary nitrogens is 1. The molecule has 20 heavy (non-hydrogen) atoms. The molecule has 0 saturated carbocycles. The minimum absolute atomic E-state index is 0.0278. The smallest absolute Gasteiger partial charge is 0.359 e. The van der Waals surface area contributed by atoms with Gasteiger partial charge in [-0.3, -0.25) is 4.79 Å². The molecular formula is C14H28NO4S+. The van der Waals surface area contributed by atoms with Crippen LogP contribution in [-0.4, -0.2) is 66.8 Å². The van der Waals surface area contributed by atoms with Crippen LogP contribution < -0.4 is 0 Å². The number of likely N-dealkylation sites (N-methyl/N-ethyl adjacent to an activating group) is 1. The molecule has 0 spiro atoms. The molecule has 0 radical (unpaired) electrons. The third-order valence-corrected chi connectivity index (χ3v) is 4.23. The van der Waals surface area contributed by atoms with Crippen molar-refractivity contribution in [2.45, 2.75) is 26.7 Å². The van der Waals surface area contributed by atoms with E-state index >= 15 is 0 Å². The quantitative estimate of drug-likeness (QED) is 0.359. The molecule has 0 aliphatic rings. The molecule has 0 fully saturated rings.